The van der Waals surface area contributed by atoms with Gasteiger partial charge in [0, 0.05) is 43.0 Å². The lowest BCUT2D eigenvalue weighted by molar-refractivity contribution is 0.0697. The van der Waals surface area contributed by atoms with Crippen LogP contribution in [0, 0.1) is 17.1 Å². The average Bonchev–Trinajstić information content (AvgIpc) is 3.32. The van der Waals surface area contributed by atoms with E-state index in [0.717, 1.165) is 17.0 Å². The molecule has 0 bridgehead atoms. The minimum Gasteiger partial charge on any atom is -0.478 e. The number of hydrogen-bond donors (Lipinski definition) is 2. The molecule has 0 atom stereocenters. The molecule has 5 aromatic rings. The number of fused-ring (bicyclic) bond motifs is 1. The monoisotopic (exact) mass is 551 g/mol. The summed E-state index contributed by atoms with van der Waals surface area (Å²) in [4.78, 5) is 20.8. The number of nitrogen functional groups attached to an aromatic ring is 1. The number of ether oxygens (including phenoxy) is 2. The van der Waals surface area contributed by atoms with Crippen LogP contribution in [-0.2, 0) is 24.3 Å². The normalized spacial score (nSPS) is 11.0. The summed E-state index contributed by atoms with van der Waals surface area (Å²) >= 11 is 0. The van der Waals surface area contributed by atoms with Crippen molar-refractivity contribution in [2.75, 3.05) is 19.5 Å². The Kier molecular flexibility index (Phi) is 7.90. The second-order valence-electron chi connectivity index (χ2n) is 9.34. The van der Waals surface area contributed by atoms with Gasteiger partial charge in [0.1, 0.15) is 18.2 Å². The number of carbonyl (C=O) groups is 1. The summed E-state index contributed by atoms with van der Waals surface area (Å²) in [7, 11) is 1.61. The highest BCUT2D eigenvalue weighted by Gasteiger charge is 2.16. The molecule has 0 unspecified atom stereocenters. The highest BCUT2D eigenvalue weighted by atomic mass is 19.1. The standard InChI is InChI=1S/C31H26FN5O4/c1-40-12-11-37-28-15-22(31(38)39)9-10-27(28)35-29(37)16-20-7-8-21(14-25(20)34)26-3-2-4-30(36-26)41-18-23-6-5-19(17-33)13-24(23)32/h2-10,13-15H,11-12,16,18,34H2,1H3,(H,38,39). The molecular weight excluding hydrogens is 525 g/mol. The van der Waals surface area contributed by atoms with Gasteiger partial charge in [-0.25, -0.2) is 19.2 Å². The predicted molar refractivity (Wildman–Crippen MR) is 151 cm³/mol. The minimum absolute atomic E-state index is 0.0346. The van der Waals surface area contributed by atoms with Gasteiger partial charge < -0.3 is 24.9 Å². The summed E-state index contributed by atoms with van der Waals surface area (Å²) in [6.45, 7) is 0.908. The number of nitrogens with zero attached hydrogens (tertiary/aromatic N) is 4. The van der Waals surface area contributed by atoms with Crippen molar-refractivity contribution in [3.8, 4) is 23.2 Å². The van der Waals surface area contributed by atoms with E-state index < -0.39 is 11.8 Å². The van der Waals surface area contributed by atoms with E-state index in [4.69, 9.17) is 25.5 Å². The number of halogens is 1. The molecule has 0 amide bonds. The largest absolute Gasteiger partial charge is 0.478 e. The Balaban J connectivity index is 1.36. The first-order valence-electron chi connectivity index (χ1n) is 12.7. The molecule has 0 fully saturated rings. The number of rotatable bonds is 10. The van der Waals surface area contributed by atoms with Crippen molar-refractivity contribution in [2.24, 2.45) is 0 Å². The van der Waals surface area contributed by atoms with Crippen LogP contribution >= 0.6 is 0 Å². The fraction of sp³-hybridized carbons (Fsp3) is 0.161. The lowest BCUT2D eigenvalue weighted by Crippen LogP contribution is -2.10. The van der Waals surface area contributed by atoms with Crippen molar-refractivity contribution in [3.05, 3.63) is 107 Å². The Bertz CT molecular complexity index is 1790. The lowest BCUT2D eigenvalue weighted by Gasteiger charge is -2.12. The molecule has 206 valence electrons. The Morgan fingerprint density at radius 3 is 2.63 bits per heavy atom. The number of carboxylic acids is 1. The molecular formula is C31H26FN5O4. The highest BCUT2D eigenvalue weighted by Crippen LogP contribution is 2.27. The number of methoxy groups -OCH3 is 1. The van der Waals surface area contributed by atoms with E-state index in [9.17, 15) is 14.3 Å². The van der Waals surface area contributed by atoms with E-state index in [1.54, 1.807) is 31.4 Å². The molecule has 10 heteroatoms. The van der Waals surface area contributed by atoms with E-state index in [1.807, 2.05) is 34.9 Å². The van der Waals surface area contributed by atoms with Crippen LogP contribution < -0.4 is 10.5 Å². The topological polar surface area (TPSA) is 136 Å². The Morgan fingerprint density at radius 1 is 1.07 bits per heavy atom. The van der Waals surface area contributed by atoms with Gasteiger partial charge in [-0.1, -0.05) is 24.3 Å². The van der Waals surface area contributed by atoms with Crippen molar-refractivity contribution in [1.82, 2.24) is 14.5 Å². The zero-order valence-corrected chi connectivity index (χ0v) is 22.2. The molecule has 0 spiro atoms. The van der Waals surface area contributed by atoms with Crippen molar-refractivity contribution >= 4 is 22.7 Å². The molecule has 0 aliphatic carbocycles. The highest BCUT2D eigenvalue weighted by molar-refractivity contribution is 5.92. The quantitative estimate of drug-likeness (QED) is 0.226. The maximum absolute atomic E-state index is 14.2. The zero-order chi connectivity index (χ0) is 28.9. The van der Waals surface area contributed by atoms with Gasteiger partial charge in [-0.05, 0) is 48.0 Å². The van der Waals surface area contributed by atoms with Gasteiger partial charge in [0.25, 0.3) is 0 Å². The molecule has 9 nitrogen and oxygen atoms in total. The Labute approximate surface area is 235 Å². The molecule has 3 N–H and O–H groups in total. The molecule has 41 heavy (non-hydrogen) atoms. The van der Waals surface area contributed by atoms with Crippen LogP contribution in [0.2, 0.25) is 0 Å². The smallest absolute Gasteiger partial charge is 0.335 e. The number of anilines is 1. The van der Waals surface area contributed by atoms with E-state index >= 15 is 0 Å². The van der Waals surface area contributed by atoms with Crippen LogP contribution in [0.1, 0.15) is 32.9 Å². The second kappa shape index (κ2) is 11.9. The van der Waals surface area contributed by atoms with Gasteiger partial charge in [0.2, 0.25) is 5.88 Å². The van der Waals surface area contributed by atoms with E-state index in [1.165, 1.54) is 24.3 Å². The number of aromatic carboxylic acids is 1. The Morgan fingerprint density at radius 2 is 1.90 bits per heavy atom. The molecule has 0 radical (unpaired) electrons. The number of carboxylic acid groups (broad SMARTS) is 1. The third-order valence-electron chi connectivity index (χ3n) is 6.66. The van der Waals surface area contributed by atoms with Crippen LogP contribution in [0.3, 0.4) is 0 Å². The SMILES string of the molecule is COCCn1c(Cc2ccc(-c3cccc(OCc4ccc(C#N)cc4F)n3)cc2N)nc2ccc(C(=O)O)cc21. The lowest BCUT2D eigenvalue weighted by atomic mass is 10.0. The van der Waals surface area contributed by atoms with Crippen LogP contribution in [0.15, 0.2) is 72.8 Å². The van der Waals surface area contributed by atoms with Gasteiger partial charge >= 0.3 is 5.97 Å². The Hall–Kier alpha value is -5.27. The van der Waals surface area contributed by atoms with Crippen LogP contribution in [0.25, 0.3) is 22.3 Å². The summed E-state index contributed by atoms with van der Waals surface area (Å²) in [5, 5.41) is 18.3. The molecule has 5 rings (SSSR count). The predicted octanol–water partition coefficient (Wildman–Crippen LogP) is 5.21. The van der Waals surface area contributed by atoms with Crippen LogP contribution in [0.5, 0.6) is 5.88 Å². The summed E-state index contributed by atoms with van der Waals surface area (Å²) in [6.07, 6.45) is 0.430. The van der Waals surface area contributed by atoms with Gasteiger partial charge in [-0.15, -0.1) is 0 Å². The third-order valence-corrected chi connectivity index (χ3v) is 6.66. The maximum Gasteiger partial charge on any atom is 0.335 e. The molecule has 2 heterocycles. The van der Waals surface area contributed by atoms with E-state index in [2.05, 4.69) is 4.98 Å². The molecule has 0 aliphatic heterocycles. The van der Waals surface area contributed by atoms with Gasteiger partial charge in [0.05, 0.1) is 40.5 Å². The summed E-state index contributed by atoms with van der Waals surface area (Å²) in [5.41, 5.74) is 11.4. The average molecular weight is 552 g/mol. The number of nitrogens with two attached hydrogens (primary N) is 1. The maximum atomic E-state index is 14.2. The summed E-state index contributed by atoms with van der Waals surface area (Å²) in [6, 6.07) is 21.9. The number of nitriles is 1. The number of imidazole rings is 1. The van der Waals surface area contributed by atoms with Crippen molar-refractivity contribution in [1.29, 1.82) is 5.26 Å². The zero-order valence-electron chi connectivity index (χ0n) is 22.2. The van der Waals surface area contributed by atoms with Crippen molar-refractivity contribution < 1.29 is 23.8 Å². The first-order chi connectivity index (χ1) is 19.9. The molecule has 0 saturated heterocycles. The number of hydrogen-bond acceptors (Lipinski definition) is 7. The van der Waals surface area contributed by atoms with Gasteiger partial charge in [0.15, 0.2) is 0 Å². The van der Waals surface area contributed by atoms with E-state index in [0.29, 0.717) is 53.4 Å². The van der Waals surface area contributed by atoms with Crippen LogP contribution in [0.4, 0.5) is 10.1 Å². The van der Waals surface area contributed by atoms with Crippen molar-refractivity contribution in [2.45, 2.75) is 19.6 Å². The minimum atomic E-state index is -1.00. The number of benzene rings is 3. The van der Waals surface area contributed by atoms with Crippen LogP contribution in [-0.4, -0.2) is 39.3 Å². The number of aromatic nitrogens is 3. The summed E-state index contributed by atoms with van der Waals surface area (Å²) in [5.74, 6) is -0.456. The van der Waals surface area contributed by atoms with Gasteiger partial charge in [-0.3, -0.25) is 0 Å². The molecule has 0 saturated carbocycles. The third kappa shape index (κ3) is 6.00. The fourth-order valence-electron chi connectivity index (χ4n) is 4.50. The second-order valence-corrected chi connectivity index (χ2v) is 9.34. The fourth-order valence-corrected chi connectivity index (χ4v) is 4.50. The molecule has 0 aliphatic rings. The summed E-state index contributed by atoms with van der Waals surface area (Å²) < 4.78 is 27.2. The molecule has 2 aromatic heterocycles. The molecule has 3 aromatic carbocycles. The number of pyridine rings is 1. The first kappa shape index (κ1) is 27.3. The van der Waals surface area contributed by atoms with Crippen molar-refractivity contribution in [3.63, 3.8) is 0 Å². The first-order valence-corrected chi connectivity index (χ1v) is 12.7. The van der Waals surface area contributed by atoms with Gasteiger partial charge in [-0.2, -0.15) is 5.26 Å². The van der Waals surface area contributed by atoms with E-state index in [-0.39, 0.29) is 17.7 Å².